The average Bonchev–Trinajstić information content (AvgIpc) is 2.45. The van der Waals surface area contributed by atoms with Gasteiger partial charge in [0.1, 0.15) is 5.82 Å². The number of aryl methyl sites for hydroxylation is 1. The second-order valence-corrected chi connectivity index (χ2v) is 5.45. The van der Waals surface area contributed by atoms with Gasteiger partial charge in [-0.05, 0) is 48.7 Å². The zero-order valence-electron chi connectivity index (χ0n) is 11.8. The van der Waals surface area contributed by atoms with Gasteiger partial charge in [0.15, 0.2) is 0 Å². The Morgan fingerprint density at radius 1 is 1.29 bits per heavy atom. The van der Waals surface area contributed by atoms with Crippen LogP contribution in [0.25, 0.3) is 0 Å². The Kier molecular flexibility index (Phi) is 3.60. The van der Waals surface area contributed by atoms with Gasteiger partial charge in [0, 0.05) is 17.9 Å². The normalized spacial score (nSPS) is 16.8. The smallest absolute Gasteiger partial charge is 0.229 e. The molecule has 4 heteroatoms. The highest BCUT2D eigenvalue weighted by Crippen LogP contribution is 2.25. The Hall–Kier alpha value is -2.36. The number of para-hydroxylation sites is 1. The first-order valence-corrected chi connectivity index (χ1v) is 7.01. The van der Waals surface area contributed by atoms with Crippen LogP contribution in [-0.4, -0.2) is 12.5 Å². The molecule has 2 N–H and O–H groups in total. The summed E-state index contributed by atoms with van der Waals surface area (Å²) in [5.74, 6) is -0.567. The van der Waals surface area contributed by atoms with E-state index < -0.39 is 0 Å². The summed E-state index contributed by atoms with van der Waals surface area (Å²) in [6.45, 7) is 2.40. The van der Waals surface area contributed by atoms with Crippen LogP contribution in [0, 0.1) is 18.7 Å². The molecule has 0 saturated heterocycles. The lowest BCUT2D eigenvalue weighted by Crippen LogP contribution is -2.33. The topological polar surface area (TPSA) is 41.1 Å². The Morgan fingerprint density at radius 2 is 2.10 bits per heavy atom. The highest BCUT2D eigenvalue weighted by Gasteiger charge is 2.24. The Labute approximate surface area is 123 Å². The minimum Gasteiger partial charge on any atom is -0.384 e. The fraction of sp³-hybridized carbons (Fsp3) is 0.235. The summed E-state index contributed by atoms with van der Waals surface area (Å²) < 4.78 is 13.4. The first-order valence-electron chi connectivity index (χ1n) is 7.01. The molecule has 1 unspecified atom stereocenters. The van der Waals surface area contributed by atoms with Crippen LogP contribution in [-0.2, 0) is 11.2 Å². The van der Waals surface area contributed by atoms with E-state index in [2.05, 4.69) is 10.6 Å². The van der Waals surface area contributed by atoms with Crippen molar-refractivity contribution >= 4 is 17.3 Å². The highest BCUT2D eigenvalue weighted by atomic mass is 19.1. The highest BCUT2D eigenvalue weighted by molar-refractivity contribution is 5.93. The summed E-state index contributed by atoms with van der Waals surface area (Å²) in [6, 6.07) is 12.5. The molecular weight excluding hydrogens is 267 g/mol. The second kappa shape index (κ2) is 5.56. The number of hydrogen-bond acceptors (Lipinski definition) is 2. The minimum atomic E-state index is -0.336. The molecule has 21 heavy (non-hydrogen) atoms. The fourth-order valence-electron chi connectivity index (χ4n) is 2.68. The Balaban J connectivity index is 1.72. The molecule has 0 spiro atoms. The first-order chi connectivity index (χ1) is 10.1. The molecular formula is C17H17FN2O. The minimum absolute atomic E-state index is 0.0815. The SMILES string of the molecule is Cc1cc(F)cc(NC(=O)C2CNc3ccccc3C2)c1. The standard InChI is InChI=1S/C17H17FN2O/c1-11-6-14(18)9-15(7-11)20-17(21)13-8-12-4-2-3-5-16(12)19-10-13/h2-7,9,13,19H,8,10H2,1H3,(H,20,21). The third-order valence-corrected chi connectivity index (χ3v) is 3.70. The summed E-state index contributed by atoms with van der Waals surface area (Å²) in [4.78, 5) is 12.3. The van der Waals surface area contributed by atoms with Gasteiger partial charge in [-0.15, -0.1) is 0 Å². The molecule has 2 aromatic rings. The van der Waals surface area contributed by atoms with E-state index in [1.807, 2.05) is 24.3 Å². The van der Waals surface area contributed by atoms with Crippen molar-refractivity contribution in [3.05, 3.63) is 59.4 Å². The van der Waals surface area contributed by atoms with E-state index in [1.54, 1.807) is 13.0 Å². The maximum Gasteiger partial charge on any atom is 0.229 e. The van der Waals surface area contributed by atoms with Gasteiger partial charge >= 0.3 is 0 Å². The lowest BCUT2D eigenvalue weighted by molar-refractivity contribution is -0.119. The number of carbonyl (C=O) groups is 1. The fourth-order valence-corrected chi connectivity index (χ4v) is 2.68. The molecule has 0 saturated carbocycles. The van der Waals surface area contributed by atoms with Crippen molar-refractivity contribution in [2.75, 3.05) is 17.2 Å². The third kappa shape index (κ3) is 3.05. The van der Waals surface area contributed by atoms with Crippen LogP contribution in [0.4, 0.5) is 15.8 Å². The van der Waals surface area contributed by atoms with Gasteiger partial charge in [0.2, 0.25) is 5.91 Å². The van der Waals surface area contributed by atoms with Gasteiger partial charge in [-0.3, -0.25) is 4.79 Å². The summed E-state index contributed by atoms with van der Waals surface area (Å²) in [5, 5.41) is 6.07. The van der Waals surface area contributed by atoms with Crippen molar-refractivity contribution in [1.82, 2.24) is 0 Å². The maximum absolute atomic E-state index is 13.4. The number of hydrogen-bond donors (Lipinski definition) is 2. The van der Waals surface area contributed by atoms with Gasteiger partial charge in [0.25, 0.3) is 0 Å². The van der Waals surface area contributed by atoms with E-state index in [0.29, 0.717) is 18.7 Å². The zero-order valence-corrected chi connectivity index (χ0v) is 11.8. The van der Waals surface area contributed by atoms with Crippen molar-refractivity contribution in [2.24, 2.45) is 5.92 Å². The van der Waals surface area contributed by atoms with E-state index in [1.165, 1.54) is 12.1 Å². The molecule has 1 heterocycles. The van der Waals surface area contributed by atoms with Crippen molar-refractivity contribution in [3.63, 3.8) is 0 Å². The predicted octanol–water partition coefficient (Wildman–Crippen LogP) is 3.36. The van der Waals surface area contributed by atoms with Gasteiger partial charge in [-0.1, -0.05) is 18.2 Å². The number of benzene rings is 2. The maximum atomic E-state index is 13.4. The van der Waals surface area contributed by atoms with Gasteiger partial charge in [-0.25, -0.2) is 4.39 Å². The zero-order chi connectivity index (χ0) is 14.8. The number of anilines is 2. The average molecular weight is 284 g/mol. The quantitative estimate of drug-likeness (QED) is 0.888. The molecule has 2 aromatic carbocycles. The van der Waals surface area contributed by atoms with Crippen LogP contribution >= 0.6 is 0 Å². The van der Waals surface area contributed by atoms with Crippen molar-refractivity contribution < 1.29 is 9.18 Å². The molecule has 1 aliphatic heterocycles. The number of nitrogens with one attached hydrogen (secondary N) is 2. The van der Waals surface area contributed by atoms with Crippen LogP contribution in [0.1, 0.15) is 11.1 Å². The molecule has 3 rings (SSSR count). The third-order valence-electron chi connectivity index (χ3n) is 3.70. The number of amides is 1. The monoisotopic (exact) mass is 284 g/mol. The van der Waals surface area contributed by atoms with Crippen LogP contribution < -0.4 is 10.6 Å². The van der Waals surface area contributed by atoms with Crippen LogP contribution in [0.15, 0.2) is 42.5 Å². The molecule has 1 amide bonds. The second-order valence-electron chi connectivity index (χ2n) is 5.45. The molecule has 0 radical (unpaired) electrons. The number of carbonyl (C=O) groups excluding carboxylic acids is 1. The van der Waals surface area contributed by atoms with Gasteiger partial charge < -0.3 is 10.6 Å². The van der Waals surface area contributed by atoms with Crippen LogP contribution in [0.5, 0.6) is 0 Å². The molecule has 3 nitrogen and oxygen atoms in total. The molecule has 0 fully saturated rings. The summed E-state index contributed by atoms with van der Waals surface area (Å²) in [6.07, 6.45) is 0.698. The molecule has 1 aliphatic rings. The Bertz CT molecular complexity index is 664. The molecule has 108 valence electrons. The van der Waals surface area contributed by atoms with Gasteiger partial charge in [0.05, 0.1) is 5.92 Å². The predicted molar refractivity (Wildman–Crippen MR) is 81.9 cm³/mol. The van der Waals surface area contributed by atoms with E-state index in [4.69, 9.17) is 0 Å². The Morgan fingerprint density at radius 3 is 2.90 bits per heavy atom. The molecule has 1 atom stereocenters. The van der Waals surface area contributed by atoms with E-state index in [-0.39, 0.29) is 17.6 Å². The van der Waals surface area contributed by atoms with E-state index in [9.17, 15) is 9.18 Å². The first kappa shape index (κ1) is 13.6. The molecule has 0 aromatic heterocycles. The van der Waals surface area contributed by atoms with Gasteiger partial charge in [-0.2, -0.15) is 0 Å². The van der Waals surface area contributed by atoms with Crippen LogP contribution in [0.2, 0.25) is 0 Å². The van der Waals surface area contributed by atoms with Crippen LogP contribution in [0.3, 0.4) is 0 Å². The summed E-state index contributed by atoms with van der Waals surface area (Å²) >= 11 is 0. The lowest BCUT2D eigenvalue weighted by Gasteiger charge is -2.25. The largest absolute Gasteiger partial charge is 0.384 e. The lowest BCUT2D eigenvalue weighted by atomic mass is 9.93. The van der Waals surface area contributed by atoms with E-state index >= 15 is 0 Å². The number of rotatable bonds is 2. The molecule has 0 bridgehead atoms. The number of halogens is 1. The van der Waals surface area contributed by atoms with Crippen molar-refractivity contribution in [2.45, 2.75) is 13.3 Å². The summed E-state index contributed by atoms with van der Waals surface area (Å²) in [7, 11) is 0. The van der Waals surface area contributed by atoms with E-state index in [0.717, 1.165) is 16.8 Å². The molecule has 0 aliphatic carbocycles. The van der Waals surface area contributed by atoms with Crippen molar-refractivity contribution in [1.29, 1.82) is 0 Å². The summed E-state index contributed by atoms with van der Waals surface area (Å²) in [5.41, 5.74) is 3.52. The van der Waals surface area contributed by atoms with Crippen molar-refractivity contribution in [3.8, 4) is 0 Å². The number of fused-ring (bicyclic) bond motifs is 1.